The minimum atomic E-state index is 0.159. The smallest absolute Gasteiger partial charge is 0.0615 e. The maximum absolute atomic E-state index is 6.14. The van der Waals surface area contributed by atoms with Gasteiger partial charge in [-0.05, 0) is 32.3 Å². The first-order valence-electron chi connectivity index (χ1n) is 5.82. The van der Waals surface area contributed by atoms with Crippen molar-refractivity contribution in [3.8, 4) is 0 Å². The normalized spacial score (nSPS) is 29.8. The molecular weight excluding hydrogens is 224 g/mol. The van der Waals surface area contributed by atoms with Crippen LogP contribution in [0.2, 0.25) is 0 Å². The van der Waals surface area contributed by atoms with E-state index in [1.165, 1.54) is 5.69 Å². The quantitative estimate of drug-likeness (QED) is 0.759. The van der Waals surface area contributed by atoms with Crippen molar-refractivity contribution in [3.05, 3.63) is 18.0 Å². The van der Waals surface area contributed by atoms with Crippen LogP contribution in [0.15, 0.2) is 12.3 Å². The van der Waals surface area contributed by atoms with Gasteiger partial charge in [-0.1, -0.05) is 0 Å². The number of halogens is 1. The number of alkyl halides is 1. The fraction of sp³-hybridized carbons (Fsp3) is 0.750. The van der Waals surface area contributed by atoms with Gasteiger partial charge in [0.15, 0.2) is 0 Å². The molecular formula is C12H19ClN2O. The molecule has 4 heteroatoms. The molecule has 1 aromatic rings. The summed E-state index contributed by atoms with van der Waals surface area (Å²) in [4.78, 5) is 0. The highest BCUT2D eigenvalue weighted by Crippen LogP contribution is 2.40. The lowest BCUT2D eigenvalue weighted by molar-refractivity contribution is 0.0694. The Labute approximate surface area is 102 Å². The molecule has 0 radical (unpaired) electrons. The Bertz CT molecular complexity index is 353. The second-order valence-corrected chi connectivity index (χ2v) is 4.97. The summed E-state index contributed by atoms with van der Waals surface area (Å²) >= 11 is 6.14. The van der Waals surface area contributed by atoms with E-state index in [1.54, 1.807) is 0 Å². The van der Waals surface area contributed by atoms with Gasteiger partial charge in [0, 0.05) is 36.8 Å². The molecule has 3 nitrogen and oxygen atoms in total. The van der Waals surface area contributed by atoms with E-state index in [4.69, 9.17) is 16.3 Å². The van der Waals surface area contributed by atoms with Gasteiger partial charge < -0.3 is 4.74 Å². The molecule has 1 aromatic heterocycles. The molecule has 90 valence electrons. The van der Waals surface area contributed by atoms with E-state index < -0.39 is 0 Å². The molecule has 2 rings (SSSR count). The maximum atomic E-state index is 6.14. The van der Waals surface area contributed by atoms with Crippen molar-refractivity contribution in [3.63, 3.8) is 0 Å². The summed E-state index contributed by atoms with van der Waals surface area (Å²) in [6.07, 6.45) is 5.30. The summed E-state index contributed by atoms with van der Waals surface area (Å²) in [6, 6.07) is 2.07. The molecule has 0 saturated carbocycles. The van der Waals surface area contributed by atoms with Crippen LogP contribution in [-0.2, 0) is 18.2 Å². The molecule has 0 spiro atoms. The molecule has 0 aliphatic carbocycles. The van der Waals surface area contributed by atoms with E-state index >= 15 is 0 Å². The maximum Gasteiger partial charge on any atom is 0.0615 e. The fourth-order valence-electron chi connectivity index (χ4n) is 2.41. The van der Waals surface area contributed by atoms with Gasteiger partial charge in [0.2, 0.25) is 0 Å². The number of aromatic nitrogens is 2. The number of nitrogens with zero attached hydrogens (tertiary/aromatic N) is 2. The number of hydrogen-bond acceptors (Lipinski definition) is 2. The molecule has 1 saturated heterocycles. The molecule has 0 N–H and O–H groups in total. The highest BCUT2D eigenvalue weighted by atomic mass is 35.5. The summed E-state index contributed by atoms with van der Waals surface area (Å²) in [7, 11) is 1.98. The third-order valence-corrected chi connectivity index (χ3v) is 4.43. The second kappa shape index (κ2) is 4.76. The highest BCUT2D eigenvalue weighted by molar-refractivity contribution is 6.18. The zero-order valence-corrected chi connectivity index (χ0v) is 10.7. The van der Waals surface area contributed by atoms with Crippen molar-refractivity contribution >= 4 is 11.6 Å². The van der Waals surface area contributed by atoms with Crippen LogP contribution in [0.1, 0.15) is 25.5 Å². The average Bonchev–Trinajstić information content (AvgIpc) is 2.84. The highest BCUT2D eigenvalue weighted by Gasteiger charge is 2.40. The first kappa shape index (κ1) is 11.9. The summed E-state index contributed by atoms with van der Waals surface area (Å²) in [6.45, 7) is 2.98. The molecule has 2 heterocycles. The van der Waals surface area contributed by atoms with Crippen LogP contribution in [0.4, 0.5) is 0 Å². The zero-order valence-electron chi connectivity index (χ0n) is 9.95. The molecule has 0 bridgehead atoms. The molecule has 16 heavy (non-hydrogen) atoms. The van der Waals surface area contributed by atoms with E-state index in [2.05, 4.69) is 18.1 Å². The van der Waals surface area contributed by atoms with Gasteiger partial charge in [0.05, 0.1) is 6.10 Å². The lowest BCUT2D eigenvalue weighted by Gasteiger charge is -2.29. The Morgan fingerprint density at radius 3 is 3.00 bits per heavy atom. The zero-order chi connectivity index (χ0) is 11.6. The Morgan fingerprint density at radius 2 is 2.50 bits per heavy atom. The monoisotopic (exact) mass is 242 g/mol. The first-order valence-corrected chi connectivity index (χ1v) is 6.36. The summed E-state index contributed by atoms with van der Waals surface area (Å²) in [5.74, 6) is 0.687. The van der Waals surface area contributed by atoms with Gasteiger partial charge in [0.1, 0.15) is 0 Å². The topological polar surface area (TPSA) is 27.1 Å². The van der Waals surface area contributed by atoms with Gasteiger partial charge in [-0.25, -0.2) is 0 Å². The van der Waals surface area contributed by atoms with Crippen LogP contribution < -0.4 is 0 Å². The fourth-order valence-corrected chi connectivity index (χ4v) is 2.90. The average molecular weight is 243 g/mol. The Balaban J connectivity index is 2.00. The Hall–Kier alpha value is -0.540. The van der Waals surface area contributed by atoms with Crippen molar-refractivity contribution in [2.75, 3.05) is 12.5 Å². The molecule has 2 atom stereocenters. The van der Waals surface area contributed by atoms with Crippen molar-refractivity contribution in [2.45, 2.75) is 32.3 Å². The Morgan fingerprint density at radius 1 is 1.69 bits per heavy atom. The summed E-state index contributed by atoms with van der Waals surface area (Å²) in [5, 5.41) is 4.18. The van der Waals surface area contributed by atoms with Crippen LogP contribution in [-0.4, -0.2) is 28.4 Å². The van der Waals surface area contributed by atoms with Crippen LogP contribution in [0.3, 0.4) is 0 Å². The van der Waals surface area contributed by atoms with E-state index in [0.29, 0.717) is 5.88 Å². The lowest BCUT2D eigenvalue weighted by atomic mass is 9.79. The van der Waals surface area contributed by atoms with Gasteiger partial charge in [-0.2, -0.15) is 5.10 Å². The van der Waals surface area contributed by atoms with Crippen LogP contribution in [0.5, 0.6) is 0 Å². The number of hydrogen-bond donors (Lipinski definition) is 0. The van der Waals surface area contributed by atoms with E-state index in [9.17, 15) is 0 Å². The molecule has 0 amide bonds. The van der Waals surface area contributed by atoms with Gasteiger partial charge >= 0.3 is 0 Å². The van der Waals surface area contributed by atoms with Crippen molar-refractivity contribution in [1.82, 2.24) is 9.78 Å². The van der Waals surface area contributed by atoms with E-state index in [0.717, 1.165) is 25.9 Å². The van der Waals surface area contributed by atoms with Crippen molar-refractivity contribution in [2.24, 2.45) is 12.5 Å². The third-order valence-electron chi connectivity index (χ3n) is 3.90. The molecule has 1 aliphatic rings. The summed E-state index contributed by atoms with van der Waals surface area (Å²) < 4.78 is 7.59. The molecule has 1 aliphatic heterocycles. The van der Waals surface area contributed by atoms with Crippen LogP contribution in [0.25, 0.3) is 0 Å². The molecule has 0 aromatic carbocycles. The number of ether oxygens (including phenoxy) is 1. The van der Waals surface area contributed by atoms with Gasteiger partial charge in [-0.15, -0.1) is 11.6 Å². The molecule has 1 fully saturated rings. The van der Waals surface area contributed by atoms with Gasteiger partial charge in [0.25, 0.3) is 0 Å². The van der Waals surface area contributed by atoms with Crippen molar-refractivity contribution in [1.29, 1.82) is 0 Å². The van der Waals surface area contributed by atoms with Crippen molar-refractivity contribution < 1.29 is 4.74 Å². The SMILES string of the molecule is CC1OCCC1(CCl)CCc1ccnn1C. The number of rotatable bonds is 4. The van der Waals surface area contributed by atoms with Gasteiger partial charge in [-0.3, -0.25) is 4.68 Å². The first-order chi connectivity index (χ1) is 7.68. The predicted octanol–water partition coefficient (Wildman–Crippen LogP) is 2.39. The Kier molecular flexibility index (Phi) is 3.55. The van der Waals surface area contributed by atoms with Crippen LogP contribution in [0, 0.1) is 5.41 Å². The lowest BCUT2D eigenvalue weighted by Crippen LogP contribution is -2.31. The molecule has 2 unspecified atom stereocenters. The second-order valence-electron chi connectivity index (χ2n) is 4.71. The van der Waals surface area contributed by atoms with Crippen LogP contribution >= 0.6 is 11.6 Å². The minimum Gasteiger partial charge on any atom is -0.378 e. The minimum absolute atomic E-state index is 0.159. The largest absolute Gasteiger partial charge is 0.378 e. The number of aryl methyl sites for hydroxylation is 2. The predicted molar refractivity (Wildman–Crippen MR) is 64.7 cm³/mol. The third kappa shape index (κ3) is 2.11. The van der Waals surface area contributed by atoms with E-state index in [-0.39, 0.29) is 11.5 Å². The summed E-state index contributed by atoms with van der Waals surface area (Å²) in [5.41, 5.74) is 1.43. The van der Waals surface area contributed by atoms with E-state index in [1.807, 2.05) is 17.9 Å². The standard InChI is InChI=1S/C12H19ClN2O/c1-10-12(9-13,6-8-16-10)5-3-11-4-7-14-15(11)2/h4,7,10H,3,5-6,8-9H2,1-2H3.